The van der Waals surface area contributed by atoms with Crippen LogP contribution in [0.5, 0.6) is 11.5 Å². The lowest BCUT2D eigenvalue weighted by Gasteiger charge is -2.20. The van der Waals surface area contributed by atoms with Gasteiger partial charge in [0.2, 0.25) is 0 Å². The van der Waals surface area contributed by atoms with E-state index in [-0.39, 0.29) is 36.0 Å². The number of nitrogens with zero attached hydrogens (tertiary/aromatic N) is 1. The van der Waals surface area contributed by atoms with Crippen LogP contribution in [-0.2, 0) is 6.54 Å². The van der Waals surface area contributed by atoms with Crippen molar-refractivity contribution in [2.24, 2.45) is 4.99 Å². The summed E-state index contributed by atoms with van der Waals surface area (Å²) in [5, 5.41) is 9.26. The molecule has 2 aromatic rings. The number of carbonyl (C=O) groups is 1. The summed E-state index contributed by atoms with van der Waals surface area (Å²) in [4.78, 5) is 16.1. The van der Waals surface area contributed by atoms with Crippen LogP contribution in [0.1, 0.15) is 41.8 Å². The first-order valence-electron chi connectivity index (χ1n) is 10.3. The Balaban J connectivity index is 0.00000341. The van der Waals surface area contributed by atoms with E-state index < -0.39 is 0 Å². The summed E-state index contributed by atoms with van der Waals surface area (Å²) in [5.41, 5.74) is 1.01. The molecule has 1 aliphatic carbocycles. The smallest absolute Gasteiger partial charge is 0.287 e. The Bertz CT molecular complexity index is 836. The van der Waals surface area contributed by atoms with E-state index in [2.05, 4.69) is 20.9 Å². The highest BCUT2D eigenvalue weighted by molar-refractivity contribution is 14.0. The quantitative estimate of drug-likeness (QED) is 0.195. The van der Waals surface area contributed by atoms with E-state index in [0.29, 0.717) is 31.4 Å². The molecule has 9 heteroatoms. The summed E-state index contributed by atoms with van der Waals surface area (Å²) in [5.74, 6) is 2.22. The number of hydrogen-bond acceptors (Lipinski definition) is 5. The van der Waals surface area contributed by atoms with E-state index in [1.165, 1.54) is 19.1 Å². The number of methoxy groups -OCH3 is 1. The highest BCUT2D eigenvalue weighted by Crippen LogP contribution is 2.34. The third-order valence-corrected chi connectivity index (χ3v) is 4.98. The molecule has 8 nitrogen and oxygen atoms in total. The fourth-order valence-electron chi connectivity index (χ4n) is 3.42. The minimum Gasteiger partial charge on any atom is -0.493 e. The number of ether oxygens (including phenoxy) is 2. The monoisotopic (exact) mass is 542 g/mol. The van der Waals surface area contributed by atoms with Crippen molar-refractivity contribution >= 4 is 35.8 Å². The van der Waals surface area contributed by atoms with Crippen molar-refractivity contribution < 1.29 is 18.7 Å². The summed E-state index contributed by atoms with van der Waals surface area (Å²) >= 11 is 0. The number of benzene rings is 1. The van der Waals surface area contributed by atoms with Gasteiger partial charge in [-0.1, -0.05) is 12.1 Å². The zero-order chi connectivity index (χ0) is 21.2. The molecule has 0 spiro atoms. The standard InChI is InChI=1S/C22H30N4O4.HI/c1-23-22(25-13-12-24-21(27)19-11-6-14-29-19)26-15-16-7-5-10-18(28-2)20(16)30-17-8-3-4-9-17;/h5-7,10-11,14,17H,3-4,8-9,12-13,15H2,1-2H3,(H,24,27)(H2,23,25,26);1H. The molecule has 170 valence electrons. The molecule has 0 saturated heterocycles. The molecule has 0 radical (unpaired) electrons. The van der Waals surface area contributed by atoms with E-state index >= 15 is 0 Å². The van der Waals surface area contributed by atoms with Gasteiger partial charge in [-0.05, 0) is 43.9 Å². The Morgan fingerprint density at radius 1 is 1.13 bits per heavy atom. The fraction of sp³-hybridized carbons (Fsp3) is 0.455. The lowest BCUT2D eigenvalue weighted by Crippen LogP contribution is -2.41. The molecule has 3 rings (SSSR count). The fourth-order valence-corrected chi connectivity index (χ4v) is 3.42. The van der Waals surface area contributed by atoms with Crippen LogP contribution in [0.3, 0.4) is 0 Å². The number of amides is 1. The van der Waals surface area contributed by atoms with Crippen LogP contribution in [0.15, 0.2) is 46.0 Å². The molecule has 0 atom stereocenters. The van der Waals surface area contributed by atoms with Crippen LogP contribution in [0.2, 0.25) is 0 Å². The molecule has 0 bridgehead atoms. The molecule has 0 aliphatic heterocycles. The number of furan rings is 1. The highest BCUT2D eigenvalue weighted by atomic mass is 127. The third-order valence-electron chi connectivity index (χ3n) is 4.98. The Morgan fingerprint density at radius 2 is 1.90 bits per heavy atom. The average Bonchev–Trinajstić information content (AvgIpc) is 3.48. The maximum Gasteiger partial charge on any atom is 0.287 e. The number of aliphatic imine (C=N–C) groups is 1. The van der Waals surface area contributed by atoms with Crippen LogP contribution in [0, 0.1) is 0 Å². The van der Waals surface area contributed by atoms with Gasteiger partial charge in [0.1, 0.15) is 0 Å². The second-order valence-electron chi connectivity index (χ2n) is 7.06. The predicted octanol–water partition coefficient (Wildman–Crippen LogP) is 3.32. The van der Waals surface area contributed by atoms with Gasteiger partial charge in [0.05, 0.1) is 19.5 Å². The molecule has 31 heavy (non-hydrogen) atoms. The van der Waals surface area contributed by atoms with Crippen molar-refractivity contribution in [1.82, 2.24) is 16.0 Å². The van der Waals surface area contributed by atoms with Gasteiger partial charge in [0.25, 0.3) is 5.91 Å². The third kappa shape index (κ3) is 7.34. The average molecular weight is 542 g/mol. The molecule has 1 amide bonds. The van der Waals surface area contributed by atoms with Gasteiger partial charge >= 0.3 is 0 Å². The number of nitrogens with one attached hydrogen (secondary N) is 3. The van der Waals surface area contributed by atoms with E-state index in [4.69, 9.17) is 13.9 Å². The molecule has 3 N–H and O–H groups in total. The zero-order valence-electron chi connectivity index (χ0n) is 18.0. The van der Waals surface area contributed by atoms with Gasteiger partial charge in [0, 0.05) is 32.2 Å². The number of carbonyl (C=O) groups excluding carboxylic acids is 1. The normalized spacial score (nSPS) is 13.9. The number of halogens is 1. The molecule has 0 unspecified atom stereocenters. The van der Waals surface area contributed by atoms with Crippen molar-refractivity contribution in [3.8, 4) is 11.5 Å². The summed E-state index contributed by atoms with van der Waals surface area (Å²) in [6, 6.07) is 9.21. The van der Waals surface area contributed by atoms with Crippen molar-refractivity contribution in [3.05, 3.63) is 47.9 Å². The molecule has 1 aromatic carbocycles. The summed E-state index contributed by atoms with van der Waals surface area (Å²) < 4.78 is 16.9. The predicted molar refractivity (Wildman–Crippen MR) is 131 cm³/mol. The van der Waals surface area contributed by atoms with Gasteiger partial charge in [-0.15, -0.1) is 24.0 Å². The highest BCUT2D eigenvalue weighted by Gasteiger charge is 2.20. The van der Waals surface area contributed by atoms with Crippen LogP contribution >= 0.6 is 24.0 Å². The number of para-hydroxylation sites is 1. The van der Waals surface area contributed by atoms with Gasteiger partial charge < -0.3 is 29.8 Å². The van der Waals surface area contributed by atoms with Crippen LogP contribution in [0.25, 0.3) is 0 Å². The number of hydrogen-bond donors (Lipinski definition) is 3. The van der Waals surface area contributed by atoms with E-state index in [0.717, 1.165) is 29.9 Å². The maximum atomic E-state index is 11.9. The first-order chi connectivity index (χ1) is 14.7. The molecule has 1 aliphatic rings. The minimum absolute atomic E-state index is 0. The molecule has 1 saturated carbocycles. The largest absolute Gasteiger partial charge is 0.493 e. The first kappa shape index (κ1) is 24.8. The summed E-state index contributed by atoms with van der Waals surface area (Å²) in [7, 11) is 3.36. The second kappa shape index (κ2) is 13.1. The summed E-state index contributed by atoms with van der Waals surface area (Å²) in [6.07, 6.45) is 6.30. The Morgan fingerprint density at radius 3 is 2.58 bits per heavy atom. The van der Waals surface area contributed by atoms with Gasteiger partial charge in [-0.2, -0.15) is 0 Å². The number of guanidine groups is 1. The van der Waals surface area contributed by atoms with Crippen molar-refractivity contribution in [2.75, 3.05) is 27.2 Å². The van der Waals surface area contributed by atoms with Crippen molar-refractivity contribution in [1.29, 1.82) is 0 Å². The lowest BCUT2D eigenvalue weighted by atomic mass is 10.1. The topological polar surface area (TPSA) is 97.1 Å². The molecular weight excluding hydrogens is 511 g/mol. The molecule has 1 aromatic heterocycles. The van der Waals surface area contributed by atoms with Gasteiger partial charge in [0.15, 0.2) is 23.2 Å². The Labute approximate surface area is 200 Å². The van der Waals surface area contributed by atoms with E-state index in [1.54, 1.807) is 26.3 Å². The van der Waals surface area contributed by atoms with Gasteiger partial charge in [-0.3, -0.25) is 9.79 Å². The van der Waals surface area contributed by atoms with E-state index in [1.807, 2.05) is 18.2 Å². The molecular formula is C22H31IN4O4. The Hall–Kier alpha value is -2.43. The van der Waals surface area contributed by atoms with E-state index in [9.17, 15) is 4.79 Å². The lowest BCUT2D eigenvalue weighted by molar-refractivity contribution is 0.0926. The van der Waals surface area contributed by atoms with Crippen LogP contribution < -0.4 is 25.4 Å². The second-order valence-corrected chi connectivity index (χ2v) is 7.06. The van der Waals surface area contributed by atoms with Crippen molar-refractivity contribution in [3.63, 3.8) is 0 Å². The van der Waals surface area contributed by atoms with Crippen LogP contribution in [0.4, 0.5) is 0 Å². The van der Waals surface area contributed by atoms with Gasteiger partial charge in [-0.25, -0.2) is 0 Å². The molecule has 1 heterocycles. The Kier molecular flexibility index (Phi) is 10.5. The van der Waals surface area contributed by atoms with Crippen LogP contribution in [-0.4, -0.2) is 45.2 Å². The molecule has 1 fully saturated rings. The van der Waals surface area contributed by atoms with Crippen molar-refractivity contribution in [2.45, 2.75) is 38.3 Å². The zero-order valence-corrected chi connectivity index (χ0v) is 20.3. The minimum atomic E-state index is -0.241. The first-order valence-corrected chi connectivity index (χ1v) is 10.3. The maximum absolute atomic E-state index is 11.9. The number of rotatable bonds is 9. The summed E-state index contributed by atoms with van der Waals surface area (Å²) in [6.45, 7) is 1.50. The SMILES string of the molecule is CN=C(NCCNC(=O)c1ccco1)NCc1cccc(OC)c1OC1CCCC1.I.